The van der Waals surface area contributed by atoms with Gasteiger partial charge in [0.05, 0.1) is 0 Å². The number of aryl methyl sites for hydroxylation is 2. The molecule has 0 fully saturated rings. The van der Waals surface area contributed by atoms with Gasteiger partial charge in [0.1, 0.15) is 5.82 Å². The number of hydrogen-bond donors (Lipinski definition) is 2. The predicted octanol–water partition coefficient (Wildman–Crippen LogP) is 4.09. The first-order chi connectivity index (χ1) is 9.04. The van der Waals surface area contributed by atoms with Crippen molar-refractivity contribution >= 4 is 17.4 Å². The van der Waals surface area contributed by atoms with Crippen molar-refractivity contribution in [1.82, 2.24) is 0 Å². The summed E-state index contributed by atoms with van der Waals surface area (Å²) < 4.78 is 13.0. The lowest BCUT2D eigenvalue weighted by Gasteiger charge is -2.09. The van der Waals surface area contributed by atoms with Gasteiger partial charge in [-0.15, -0.1) is 0 Å². The number of benzene rings is 2. The summed E-state index contributed by atoms with van der Waals surface area (Å²) in [6.07, 6.45) is 0. The molecule has 0 spiro atoms. The maximum Gasteiger partial charge on any atom is 0.323 e. The molecule has 98 valence electrons. The van der Waals surface area contributed by atoms with Gasteiger partial charge in [-0.1, -0.05) is 12.1 Å². The Hall–Kier alpha value is -2.36. The first kappa shape index (κ1) is 13.1. The molecule has 2 rings (SSSR count). The number of carbonyl (C=O) groups excluding carboxylic acids is 1. The molecule has 0 aromatic heterocycles. The number of amides is 2. The van der Waals surface area contributed by atoms with Crippen LogP contribution in [0.2, 0.25) is 0 Å². The first-order valence-corrected chi connectivity index (χ1v) is 5.95. The summed E-state index contributed by atoms with van der Waals surface area (Å²) in [5.74, 6) is -0.385. The molecule has 2 aromatic rings. The van der Waals surface area contributed by atoms with E-state index in [0.717, 1.165) is 11.1 Å². The molecular formula is C15H15FN2O. The zero-order valence-electron chi connectivity index (χ0n) is 10.8. The zero-order valence-corrected chi connectivity index (χ0v) is 10.8. The van der Waals surface area contributed by atoms with Crippen molar-refractivity contribution in [2.75, 3.05) is 10.6 Å². The third-order valence-corrected chi connectivity index (χ3v) is 2.85. The minimum atomic E-state index is -0.395. The molecule has 4 heteroatoms. The van der Waals surface area contributed by atoms with Crippen molar-refractivity contribution < 1.29 is 9.18 Å². The summed E-state index contributed by atoms with van der Waals surface area (Å²) in [6.45, 7) is 3.98. The van der Waals surface area contributed by atoms with Crippen molar-refractivity contribution in [3.63, 3.8) is 0 Å². The Morgan fingerprint density at radius 1 is 0.947 bits per heavy atom. The second-order valence-corrected chi connectivity index (χ2v) is 4.39. The molecule has 0 heterocycles. The van der Waals surface area contributed by atoms with E-state index in [1.165, 1.54) is 12.1 Å². The monoisotopic (exact) mass is 258 g/mol. The number of anilines is 2. The van der Waals surface area contributed by atoms with Gasteiger partial charge in [-0.25, -0.2) is 9.18 Å². The lowest BCUT2D eigenvalue weighted by molar-refractivity contribution is 0.262. The van der Waals surface area contributed by atoms with Crippen LogP contribution >= 0.6 is 0 Å². The van der Waals surface area contributed by atoms with E-state index in [1.807, 2.05) is 32.0 Å². The molecular weight excluding hydrogens is 243 g/mol. The fraction of sp³-hybridized carbons (Fsp3) is 0.133. The van der Waals surface area contributed by atoms with Gasteiger partial charge < -0.3 is 10.6 Å². The fourth-order valence-corrected chi connectivity index (χ4v) is 1.68. The Morgan fingerprint density at radius 3 is 2.26 bits per heavy atom. The fourth-order valence-electron chi connectivity index (χ4n) is 1.68. The van der Waals surface area contributed by atoms with Crippen LogP contribution in [0.5, 0.6) is 0 Å². The second-order valence-electron chi connectivity index (χ2n) is 4.39. The molecule has 19 heavy (non-hydrogen) atoms. The van der Waals surface area contributed by atoms with Crippen LogP contribution in [-0.2, 0) is 0 Å². The molecule has 2 aromatic carbocycles. The standard InChI is InChI=1S/C15H15FN2O/c1-10-6-7-14(8-11(10)2)18-15(19)17-13-5-3-4-12(16)9-13/h3-9H,1-2H3,(H2,17,18,19). The molecule has 0 aliphatic carbocycles. The maximum atomic E-state index is 13.0. The molecule has 0 bridgehead atoms. The van der Waals surface area contributed by atoms with Crippen molar-refractivity contribution in [1.29, 1.82) is 0 Å². The molecule has 0 unspecified atom stereocenters. The topological polar surface area (TPSA) is 41.1 Å². The van der Waals surface area contributed by atoms with Gasteiger partial charge in [0.15, 0.2) is 0 Å². The summed E-state index contributed by atoms with van der Waals surface area (Å²) >= 11 is 0. The molecule has 2 amide bonds. The van der Waals surface area contributed by atoms with Crippen LogP contribution in [0.1, 0.15) is 11.1 Å². The molecule has 0 atom stereocenters. The third-order valence-electron chi connectivity index (χ3n) is 2.85. The third kappa shape index (κ3) is 3.55. The Bertz CT molecular complexity index is 611. The van der Waals surface area contributed by atoms with E-state index in [9.17, 15) is 9.18 Å². The van der Waals surface area contributed by atoms with Gasteiger partial charge in [-0.2, -0.15) is 0 Å². The molecule has 0 saturated carbocycles. The highest BCUT2D eigenvalue weighted by atomic mass is 19.1. The number of nitrogens with one attached hydrogen (secondary N) is 2. The number of carbonyl (C=O) groups is 1. The summed E-state index contributed by atoms with van der Waals surface area (Å²) in [7, 11) is 0. The Balaban J connectivity index is 2.03. The minimum Gasteiger partial charge on any atom is -0.308 e. The second kappa shape index (κ2) is 5.52. The molecule has 0 aliphatic heterocycles. The first-order valence-electron chi connectivity index (χ1n) is 5.95. The Kier molecular flexibility index (Phi) is 3.80. The smallest absolute Gasteiger partial charge is 0.308 e. The van der Waals surface area contributed by atoms with E-state index in [2.05, 4.69) is 10.6 Å². The summed E-state index contributed by atoms with van der Waals surface area (Å²) in [6, 6.07) is 11.0. The molecule has 0 radical (unpaired) electrons. The summed E-state index contributed by atoms with van der Waals surface area (Å²) in [5.41, 5.74) is 3.39. The summed E-state index contributed by atoms with van der Waals surface area (Å²) in [5, 5.41) is 5.28. The number of rotatable bonds is 2. The average molecular weight is 258 g/mol. The normalized spacial score (nSPS) is 10.1. The minimum absolute atomic E-state index is 0.385. The van der Waals surface area contributed by atoms with Crippen LogP contribution in [0.4, 0.5) is 20.6 Å². The van der Waals surface area contributed by atoms with Crippen LogP contribution in [-0.4, -0.2) is 6.03 Å². The van der Waals surface area contributed by atoms with Crippen LogP contribution in [0, 0.1) is 19.7 Å². The lowest BCUT2D eigenvalue weighted by atomic mass is 10.1. The van der Waals surface area contributed by atoms with E-state index in [0.29, 0.717) is 11.4 Å². The largest absolute Gasteiger partial charge is 0.323 e. The van der Waals surface area contributed by atoms with Crippen LogP contribution in [0.25, 0.3) is 0 Å². The zero-order chi connectivity index (χ0) is 13.8. The predicted molar refractivity (Wildman–Crippen MR) is 75.0 cm³/mol. The number of hydrogen-bond acceptors (Lipinski definition) is 1. The van der Waals surface area contributed by atoms with Crippen LogP contribution in [0.3, 0.4) is 0 Å². The van der Waals surface area contributed by atoms with E-state index < -0.39 is 6.03 Å². The van der Waals surface area contributed by atoms with Crippen LogP contribution < -0.4 is 10.6 Å². The highest BCUT2D eigenvalue weighted by Gasteiger charge is 2.04. The van der Waals surface area contributed by atoms with E-state index in [4.69, 9.17) is 0 Å². The highest BCUT2D eigenvalue weighted by Crippen LogP contribution is 2.15. The van der Waals surface area contributed by atoms with Crippen molar-refractivity contribution in [3.05, 3.63) is 59.4 Å². The number of halogens is 1. The van der Waals surface area contributed by atoms with Gasteiger partial charge in [-0.3, -0.25) is 0 Å². The molecule has 2 N–H and O–H groups in total. The quantitative estimate of drug-likeness (QED) is 0.837. The lowest BCUT2D eigenvalue weighted by Crippen LogP contribution is -2.19. The van der Waals surface area contributed by atoms with Gasteiger partial charge in [-0.05, 0) is 55.3 Å². The number of urea groups is 1. The Labute approximate surface area is 111 Å². The Morgan fingerprint density at radius 2 is 1.63 bits per heavy atom. The molecule has 0 saturated heterocycles. The van der Waals surface area contributed by atoms with Gasteiger partial charge in [0, 0.05) is 11.4 Å². The maximum absolute atomic E-state index is 13.0. The van der Waals surface area contributed by atoms with Crippen molar-refractivity contribution in [2.45, 2.75) is 13.8 Å². The van der Waals surface area contributed by atoms with E-state index in [-0.39, 0.29) is 5.82 Å². The summed E-state index contributed by atoms with van der Waals surface area (Å²) in [4.78, 5) is 11.7. The average Bonchev–Trinajstić information content (AvgIpc) is 2.34. The van der Waals surface area contributed by atoms with Gasteiger partial charge in [0.2, 0.25) is 0 Å². The van der Waals surface area contributed by atoms with Gasteiger partial charge >= 0.3 is 6.03 Å². The van der Waals surface area contributed by atoms with Crippen LogP contribution in [0.15, 0.2) is 42.5 Å². The van der Waals surface area contributed by atoms with Gasteiger partial charge in [0.25, 0.3) is 0 Å². The molecule has 3 nitrogen and oxygen atoms in total. The van der Waals surface area contributed by atoms with E-state index >= 15 is 0 Å². The van der Waals surface area contributed by atoms with Crippen molar-refractivity contribution in [2.24, 2.45) is 0 Å². The SMILES string of the molecule is Cc1ccc(NC(=O)Nc2cccc(F)c2)cc1C. The van der Waals surface area contributed by atoms with E-state index in [1.54, 1.807) is 12.1 Å². The molecule has 0 aliphatic rings. The van der Waals surface area contributed by atoms with Crippen molar-refractivity contribution in [3.8, 4) is 0 Å². The highest BCUT2D eigenvalue weighted by molar-refractivity contribution is 5.99.